The van der Waals surface area contributed by atoms with E-state index in [1.54, 1.807) is 13.2 Å². The van der Waals surface area contributed by atoms with Crippen molar-refractivity contribution in [2.45, 2.75) is 49.7 Å². The van der Waals surface area contributed by atoms with Gasteiger partial charge in [0.1, 0.15) is 22.9 Å². The highest BCUT2D eigenvalue weighted by molar-refractivity contribution is 5.94. The number of carbonyl (C=O) groups excluding carboxylic acids is 1. The Bertz CT molecular complexity index is 1410. The van der Waals surface area contributed by atoms with Crippen LogP contribution < -0.4 is 19.7 Å². The maximum Gasteiger partial charge on any atom is 0.263 e. The molecule has 0 spiro atoms. The summed E-state index contributed by atoms with van der Waals surface area (Å²) in [6.45, 7) is 0.589. The number of ether oxygens (including phenoxy) is 3. The lowest BCUT2D eigenvalue weighted by atomic mass is 9.68. The van der Waals surface area contributed by atoms with Crippen molar-refractivity contribution in [2.24, 2.45) is 0 Å². The predicted octanol–water partition coefficient (Wildman–Crippen LogP) is 2.78. The van der Waals surface area contributed by atoms with Crippen molar-refractivity contribution >= 4 is 28.6 Å². The smallest absolute Gasteiger partial charge is 0.263 e. The first-order valence-electron chi connectivity index (χ1n) is 12.4. The van der Waals surface area contributed by atoms with E-state index >= 15 is 0 Å². The van der Waals surface area contributed by atoms with Gasteiger partial charge in [0.05, 0.1) is 24.9 Å². The zero-order chi connectivity index (χ0) is 25.6. The van der Waals surface area contributed by atoms with E-state index < -0.39 is 0 Å². The van der Waals surface area contributed by atoms with Gasteiger partial charge >= 0.3 is 0 Å². The van der Waals surface area contributed by atoms with Crippen LogP contribution in [0.2, 0.25) is 0 Å². The van der Waals surface area contributed by atoms with Crippen LogP contribution in [0, 0.1) is 11.3 Å². The second-order valence-corrected chi connectivity index (χ2v) is 9.97. The minimum Gasteiger partial charge on any atom is -0.481 e. The molecule has 11 nitrogen and oxygen atoms in total. The molecule has 3 aromatic rings. The molecule has 4 aliphatic rings. The van der Waals surface area contributed by atoms with Crippen molar-refractivity contribution in [1.29, 1.82) is 5.26 Å². The fourth-order valence-electron chi connectivity index (χ4n) is 5.69. The molecule has 190 valence electrons. The number of rotatable bonds is 6. The largest absolute Gasteiger partial charge is 0.481 e. The molecule has 2 bridgehead atoms. The van der Waals surface area contributed by atoms with Crippen molar-refractivity contribution in [3.63, 3.8) is 0 Å². The Morgan fingerprint density at radius 3 is 2.73 bits per heavy atom. The number of pyridine rings is 2. The fraction of sp³-hybridized carbons (Fsp3) is 0.462. The van der Waals surface area contributed by atoms with Crippen molar-refractivity contribution in [1.82, 2.24) is 20.2 Å². The fourth-order valence-corrected chi connectivity index (χ4v) is 5.69. The van der Waals surface area contributed by atoms with E-state index in [1.807, 2.05) is 25.2 Å². The quantitative estimate of drug-likeness (QED) is 0.537. The summed E-state index contributed by atoms with van der Waals surface area (Å²) in [4.78, 5) is 23.1. The molecule has 3 aliphatic heterocycles. The summed E-state index contributed by atoms with van der Waals surface area (Å²) in [6, 6.07) is 9.50. The van der Waals surface area contributed by atoms with Crippen LogP contribution in [-0.2, 0) is 16.0 Å². The van der Waals surface area contributed by atoms with Gasteiger partial charge < -0.3 is 24.4 Å². The minimum atomic E-state index is -0.255. The van der Waals surface area contributed by atoms with Gasteiger partial charge in [0.25, 0.3) is 5.91 Å². The average molecular weight is 502 g/mol. The van der Waals surface area contributed by atoms with Gasteiger partial charge in [-0.1, -0.05) is 0 Å². The summed E-state index contributed by atoms with van der Waals surface area (Å²) >= 11 is 0. The molecule has 11 heteroatoms. The molecule has 3 fully saturated rings. The first-order chi connectivity index (χ1) is 17.9. The van der Waals surface area contributed by atoms with E-state index in [2.05, 4.69) is 36.5 Å². The summed E-state index contributed by atoms with van der Waals surface area (Å²) < 4.78 is 17.3. The number of anilines is 2. The van der Waals surface area contributed by atoms with Crippen molar-refractivity contribution < 1.29 is 19.0 Å². The molecule has 37 heavy (non-hydrogen) atoms. The highest BCUT2D eigenvalue weighted by atomic mass is 16.5. The first kappa shape index (κ1) is 23.4. The first-order valence-corrected chi connectivity index (χ1v) is 12.4. The number of fused-ring (bicyclic) bond motifs is 5. The lowest BCUT2D eigenvalue weighted by Crippen LogP contribution is -2.62. The Hall–Kier alpha value is -4.04. The molecular weight excluding hydrogens is 474 g/mol. The molecule has 0 radical (unpaired) electrons. The number of nitrogens with zero attached hydrogens (tertiary/aromatic N) is 6. The molecule has 3 aromatic heterocycles. The number of aryl methyl sites for hydroxylation is 1. The Labute approximate surface area is 213 Å². The van der Waals surface area contributed by atoms with Crippen LogP contribution in [0.1, 0.15) is 43.4 Å². The molecule has 6 heterocycles. The van der Waals surface area contributed by atoms with Crippen LogP contribution in [0.25, 0.3) is 11.0 Å². The number of carbonyl (C=O) groups is 1. The van der Waals surface area contributed by atoms with E-state index in [9.17, 15) is 10.1 Å². The Morgan fingerprint density at radius 2 is 2.00 bits per heavy atom. The van der Waals surface area contributed by atoms with Crippen LogP contribution in [0.3, 0.4) is 0 Å². The number of likely N-dealkylation sites (N-methyl/N-ethyl adjacent to an activating group) is 1. The second-order valence-electron chi connectivity index (χ2n) is 9.97. The number of hydrogen-bond donors (Lipinski definition) is 1. The van der Waals surface area contributed by atoms with E-state index in [0.717, 1.165) is 43.5 Å². The van der Waals surface area contributed by atoms with Gasteiger partial charge in [0.15, 0.2) is 23.9 Å². The number of methoxy groups -OCH3 is 1. The van der Waals surface area contributed by atoms with Crippen LogP contribution in [0.4, 0.5) is 11.6 Å². The van der Waals surface area contributed by atoms with Crippen LogP contribution >= 0.6 is 0 Å². The summed E-state index contributed by atoms with van der Waals surface area (Å²) in [5, 5.41) is 20.7. The molecule has 2 saturated heterocycles. The third-order valence-corrected chi connectivity index (χ3v) is 8.08. The molecule has 1 saturated carbocycles. The van der Waals surface area contributed by atoms with Crippen molar-refractivity contribution in [2.75, 3.05) is 37.6 Å². The Morgan fingerprint density at radius 1 is 1.16 bits per heavy atom. The molecule has 1 aliphatic carbocycles. The van der Waals surface area contributed by atoms with Gasteiger partial charge in [-0.05, 0) is 56.7 Å². The topological polar surface area (TPSA) is 135 Å². The molecule has 1 amide bonds. The average Bonchev–Trinajstić information content (AvgIpc) is 2.95. The number of aromatic nitrogens is 4. The maximum absolute atomic E-state index is 11.7. The Balaban J connectivity index is 1.19. The van der Waals surface area contributed by atoms with Crippen LogP contribution in [0.15, 0.2) is 24.3 Å². The lowest BCUT2D eigenvalue weighted by Gasteiger charge is -2.56. The molecule has 1 N–H and O–H groups in total. The lowest BCUT2D eigenvalue weighted by molar-refractivity contribution is -0.156. The molecule has 7 rings (SSSR count). The predicted molar refractivity (Wildman–Crippen MR) is 134 cm³/mol. The summed E-state index contributed by atoms with van der Waals surface area (Å²) in [5.74, 6) is 2.09. The molecule has 0 atom stereocenters. The highest BCUT2D eigenvalue weighted by Gasteiger charge is 2.52. The minimum absolute atomic E-state index is 0.00848. The number of nitrogens with one attached hydrogen (secondary N) is 1. The Kier molecular flexibility index (Phi) is 5.56. The second kappa shape index (κ2) is 8.81. The SMILES string of the molecule is COc1ccc2nnc(C#N)c(CCC34CCC(N(C)c5ccc6c(n5)NC(=O)CO6)(CC3)CO4)c2n1. The van der Waals surface area contributed by atoms with Crippen molar-refractivity contribution in [3.05, 3.63) is 35.5 Å². The van der Waals surface area contributed by atoms with Crippen molar-refractivity contribution in [3.8, 4) is 17.7 Å². The zero-order valence-electron chi connectivity index (χ0n) is 20.8. The van der Waals surface area contributed by atoms with Gasteiger partial charge in [0, 0.05) is 18.7 Å². The van der Waals surface area contributed by atoms with E-state index in [4.69, 9.17) is 14.2 Å². The molecule has 0 unspecified atom stereocenters. The van der Waals surface area contributed by atoms with Gasteiger partial charge in [0.2, 0.25) is 5.88 Å². The zero-order valence-corrected chi connectivity index (χ0v) is 20.8. The van der Waals surface area contributed by atoms with E-state index in [-0.39, 0.29) is 23.7 Å². The van der Waals surface area contributed by atoms with Crippen LogP contribution in [0.5, 0.6) is 11.6 Å². The van der Waals surface area contributed by atoms with E-state index in [1.165, 1.54) is 0 Å². The summed E-state index contributed by atoms with van der Waals surface area (Å²) in [5.41, 5.74) is 1.94. The van der Waals surface area contributed by atoms with Crippen LogP contribution in [-0.4, -0.2) is 64.6 Å². The highest BCUT2D eigenvalue weighted by Crippen LogP contribution is 2.49. The third kappa shape index (κ3) is 3.97. The van der Waals surface area contributed by atoms with Gasteiger partial charge in [-0.15, -0.1) is 10.2 Å². The number of hydrogen-bond acceptors (Lipinski definition) is 10. The van der Waals surface area contributed by atoms with Gasteiger partial charge in [-0.3, -0.25) is 4.79 Å². The number of nitriles is 1. The third-order valence-electron chi connectivity index (χ3n) is 8.08. The molecular formula is C26H27N7O4. The number of amides is 1. The molecule has 0 aromatic carbocycles. The summed E-state index contributed by atoms with van der Waals surface area (Å²) in [7, 11) is 3.60. The monoisotopic (exact) mass is 501 g/mol. The maximum atomic E-state index is 11.7. The van der Waals surface area contributed by atoms with Gasteiger partial charge in [-0.2, -0.15) is 5.26 Å². The normalized spacial score (nSPS) is 24.1. The standard InChI is InChI=1S/C26H27N7O4/c1-33(20-5-4-19-24(28-20)29-21(34)14-36-19)25-9-11-26(12-10-25,37-15-25)8-7-16-18(13-27)32-31-17-3-6-22(35-2)30-23(16)17/h3-6H,7-12,14-15H2,1-2H3,(H,28,29,34). The summed E-state index contributed by atoms with van der Waals surface area (Å²) in [6.07, 6.45) is 5.09. The van der Waals surface area contributed by atoms with Gasteiger partial charge in [-0.25, -0.2) is 9.97 Å². The van der Waals surface area contributed by atoms with E-state index in [0.29, 0.717) is 47.2 Å².